The van der Waals surface area contributed by atoms with Crippen LogP contribution in [0.15, 0.2) is 0 Å². The largest absolute Gasteiger partial charge is 0.478 e. The maximum absolute atomic E-state index is 5.58. The zero-order valence-electron chi connectivity index (χ0n) is 6.66. The Labute approximate surface area is 64.9 Å². The summed E-state index contributed by atoms with van der Waals surface area (Å²) in [6.07, 6.45) is 0. The minimum atomic E-state index is 0.393. The molecule has 0 aliphatic rings. The molecule has 11 heavy (non-hydrogen) atoms. The summed E-state index contributed by atoms with van der Waals surface area (Å²) in [7, 11) is 1.51. The highest BCUT2D eigenvalue weighted by molar-refractivity contribution is 5.65. The highest BCUT2D eigenvalue weighted by Crippen LogP contribution is 2.25. The fraction of sp³-hybridized carbons (Fsp3) is 0.500. The summed E-state index contributed by atoms with van der Waals surface area (Å²) in [5, 5.41) is 3.99. The van der Waals surface area contributed by atoms with Crippen molar-refractivity contribution in [2.24, 2.45) is 0 Å². The van der Waals surface area contributed by atoms with Crippen LogP contribution in [-0.2, 0) is 6.54 Å². The molecule has 0 aliphatic heterocycles. The van der Waals surface area contributed by atoms with Crippen molar-refractivity contribution in [2.45, 2.75) is 13.5 Å². The fourth-order valence-corrected chi connectivity index (χ4v) is 0.858. The van der Waals surface area contributed by atoms with Crippen molar-refractivity contribution in [3.63, 3.8) is 0 Å². The fourth-order valence-electron chi connectivity index (χ4n) is 0.858. The third-order valence-electron chi connectivity index (χ3n) is 1.49. The number of nitrogens with two attached hydrogens (primary N) is 2. The number of aromatic nitrogens is 2. The molecule has 0 spiro atoms. The van der Waals surface area contributed by atoms with Gasteiger partial charge in [-0.15, -0.1) is 5.10 Å². The highest BCUT2D eigenvalue weighted by atomic mass is 16.5. The van der Waals surface area contributed by atoms with Crippen molar-refractivity contribution in [3.8, 4) is 5.88 Å². The average molecular weight is 156 g/mol. The lowest BCUT2D eigenvalue weighted by molar-refractivity contribution is 0.391. The lowest BCUT2D eigenvalue weighted by atomic mass is 10.5. The quantitative estimate of drug-likeness (QED) is 0.635. The third-order valence-corrected chi connectivity index (χ3v) is 1.49. The Morgan fingerprint density at radius 2 is 2.18 bits per heavy atom. The van der Waals surface area contributed by atoms with E-state index in [9.17, 15) is 0 Å². The van der Waals surface area contributed by atoms with Gasteiger partial charge in [0, 0.05) is 6.54 Å². The molecule has 0 radical (unpaired) electrons. The molecule has 0 aliphatic carbocycles. The zero-order chi connectivity index (χ0) is 8.43. The molecule has 4 N–H and O–H groups in total. The molecule has 1 aromatic heterocycles. The van der Waals surface area contributed by atoms with Crippen LogP contribution in [-0.4, -0.2) is 16.9 Å². The molecule has 0 aromatic carbocycles. The summed E-state index contributed by atoms with van der Waals surface area (Å²) in [4.78, 5) is 0. The number of methoxy groups -OCH3 is 1. The van der Waals surface area contributed by atoms with Gasteiger partial charge in [-0.1, -0.05) is 0 Å². The van der Waals surface area contributed by atoms with E-state index >= 15 is 0 Å². The van der Waals surface area contributed by atoms with Crippen molar-refractivity contribution in [1.82, 2.24) is 9.78 Å². The van der Waals surface area contributed by atoms with Crippen molar-refractivity contribution in [2.75, 3.05) is 18.6 Å². The van der Waals surface area contributed by atoms with Crippen LogP contribution in [0, 0.1) is 0 Å². The molecule has 5 heteroatoms. The van der Waals surface area contributed by atoms with Gasteiger partial charge in [-0.05, 0) is 6.92 Å². The van der Waals surface area contributed by atoms with Crippen molar-refractivity contribution in [3.05, 3.63) is 0 Å². The first kappa shape index (κ1) is 7.71. The lowest BCUT2D eigenvalue weighted by Gasteiger charge is -1.95. The molecule has 1 aromatic rings. The monoisotopic (exact) mass is 156 g/mol. The summed E-state index contributed by atoms with van der Waals surface area (Å²) in [6.45, 7) is 2.63. The van der Waals surface area contributed by atoms with Crippen molar-refractivity contribution in [1.29, 1.82) is 0 Å². The Balaban J connectivity index is 3.12. The maximum Gasteiger partial charge on any atom is 0.258 e. The Bertz CT molecular complexity index is 231. The molecule has 0 fully saturated rings. The van der Waals surface area contributed by atoms with E-state index in [4.69, 9.17) is 16.2 Å². The Hall–Kier alpha value is -1.39. The summed E-state index contributed by atoms with van der Waals surface area (Å²) >= 11 is 0. The summed E-state index contributed by atoms with van der Waals surface area (Å²) in [5.74, 6) is 0.855. The van der Waals surface area contributed by atoms with Crippen LogP contribution in [0.4, 0.5) is 11.5 Å². The van der Waals surface area contributed by atoms with Crippen LogP contribution in [0.1, 0.15) is 6.92 Å². The standard InChI is InChI=1S/C6H12N4O/c1-3-10-5(8)4(7)6(9-10)11-2/h3,7-8H2,1-2H3. The number of nitrogens with zero attached hydrogens (tertiary/aromatic N) is 2. The summed E-state index contributed by atoms with van der Waals surface area (Å²) < 4.78 is 6.46. The van der Waals surface area contributed by atoms with E-state index in [0.717, 1.165) is 0 Å². The third kappa shape index (κ3) is 1.09. The van der Waals surface area contributed by atoms with E-state index in [2.05, 4.69) is 5.10 Å². The van der Waals surface area contributed by atoms with E-state index < -0.39 is 0 Å². The minimum Gasteiger partial charge on any atom is -0.478 e. The van der Waals surface area contributed by atoms with Gasteiger partial charge in [-0.25, -0.2) is 4.68 Å². The van der Waals surface area contributed by atoms with Gasteiger partial charge >= 0.3 is 0 Å². The van der Waals surface area contributed by atoms with E-state index in [1.54, 1.807) is 4.68 Å². The van der Waals surface area contributed by atoms with Gasteiger partial charge in [0.05, 0.1) is 7.11 Å². The average Bonchev–Trinajstić information content (AvgIpc) is 2.30. The smallest absolute Gasteiger partial charge is 0.258 e. The van der Waals surface area contributed by atoms with Gasteiger partial charge in [0.15, 0.2) is 0 Å². The first-order chi connectivity index (χ1) is 5.20. The predicted octanol–water partition coefficient (Wildman–Crippen LogP) is 0.0760. The van der Waals surface area contributed by atoms with Gasteiger partial charge in [0.25, 0.3) is 5.88 Å². The number of ether oxygens (including phenoxy) is 1. The minimum absolute atomic E-state index is 0.393. The van der Waals surface area contributed by atoms with E-state index in [0.29, 0.717) is 23.9 Å². The van der Waals surface area contributed by atoms with Gasteiger partial charge in [-0.2, -0.15) is 0 Å². The van der Waals surface area contributed by atoms with E-state index in [1.165, 1.54) is 7.11 Å². The van der Waals surface area contributed by atoms with Crippen LogP contribution < -0.4 is 16.2 Å². The van der Waals surface area contributed by atoms with Crippen LogP contribution >= 0.6 is 0 Å². The van der Waals surface area contributed by atoms with Crippen LogP contribution in [0.5, 0.6) is 5.88 Å². The molecule has 0 unspecified atom stereocenters. The van der Waals surface area contributed by atoms with E-state index in [-0.39, 0.29) is 0 Å². The molecule has 62 valence electrons. The highest BCUT2D eigenvalue weighted by Gasteiger charge is 2.10. The molecule has 0 saturated carbocycles. The summed E-state index contributed by atoms with van der Waals surface area (Å²) in [6, 6.07) is 0. The van der Waals surface area contributed by atoms with Crippen LogP contribution in [0.2, 0.25) is 0 Å². The number of rotatable bonds is 2. The normalized spacial score (nSPS) is 10.0. The second kappa shape index (κ2) is 2.69. The molecule has 0 saturated heterocycles. The maximum atomic E-state index is 5.58. The number of hydrogen-bond acceptors (Lipinski definition) is 4. The second-order valence-corrected chi connectivity index (χ2v) is 2.12. The summed E-state index contributed by atoms with van der Waals surface area (Å²) in [5.41, 5.74) is 11.6. The number of anilines is 2. The number of aryl methyl sites for hydroxylation is 1. The molecule has 1 rings (SSSR count). The predicted molar refractivity (Wildman–Crippen MR) is 43.3 cm³/mol. The molecule has 0 amide bonds. The molecule has 1 heterocycles. The second-order valence-electron chi connectivity index (χ2n) is 2.12. The van der Waals surface area contributed by atoms with Crippen molar-refractivity contribution < 1.29 is 4.74 Å². The first-order valence-corrected chi connectivity index (χ1v) is 3.36. The van der Waals surface area contributed by atoms with Gasteiger partial charge < -0.3 is 16.2 Å². The Morgan fingerprint density at radius 3 is 2.45 bits per heavy atom. The van der Waals surface area contributed by atoms with Crippen LogP contribution in [0.25, 0.3) is 0 Å². The van der Waals surface area contributed by atoms with E-state index in [1.807, 2.05) is 6.92 Å². The lowest BCUT2D eigenvalue weighted by Crippen LogP contribution is -2.02. The number of hydrogen-bond donors (Lipinski definition) is 2. The van der Waals surface area contributed by atoms with Gasteiger partial charge in [-0.3, -0.25) is 0 Å². The van der Waals surface area contributed by atoms with Crippen LogP contribution in [0.3, 0.4) is 0 Å². The van der Waals surface area contributed by atoms with Gasteiger partial charge in [0.2, 0.25) is 0 Å². The molecule has 5 nitrogen and oxygen atoms in total. The topological polar surface area (TPSA) is 79.1 Å². The molecule has 0 atom stereocenters. The molecular formula is C6H12N4O. The van der Waals surface area contributed by atoms with Gasteiger partial charge in [0.1, 0.15) is 11.5 Å². The van der Waals surface area contributed by atoms with Crippen molar-refractivity contribution >= 4 is 11.5 Å². The first-order valence-electron chi connectivity index (χ1n) is 3.36. The zero-order valence-corrected chi connectivity index (χ0v) is 6.66. The Kier molecular flexibility index (Phi) is 1.89. The number of nitrogen functional groups attached to an aromatic ring is 2. The molecular weight excluding hydrogens is 144 g/mol. The SMILES string of the molecule is CCn1nc(OC)c(N)c1N. The Morgan fingerprint density at radius 1 is 1.55 bits per heavy atom. The molecule has 0 bridgehead atoms.